The lowest BCUT2D eigenvalue weighted by Gasteiger charge is -2.30. The highest BCUT2D eigenvalue weighted by Crippen LogP contribution is 2.54. The van der Waals surface area contributed by atoms with Crippen LogP contribution in [0.4, 0.5) is 6.01 Å². The SMILES string of the molecule is CC1(C)CC(=O)C2=C(C1)c1oc(N)nc1[C@H]2c1ccoc1. The summed E-state index contributed by atoms with van der Waals surface area (Å²) in [6, 6.07) is 2.01. The normalized spacial score (nSPS) is 23.3. The van der Waals surface area contributed by atoms with Gasteiger partial charge in [0.15, 0.2) is 11.5 Å². The maximum atomic E-state index is 12.7. The Morgan fingerprint density at radius 2 is 2.19 bits per heavy atom. The van der Waals surface area contributed by atoms with Crippen LogP contribution in [-0.4, -0.2) is 10.8 Å². The van der Waals surface area contributed by atoms with Crippen molar-refractivity contribution in [2.75, 3.05) is 5.73 Å². The molecule has 2 aromatic heterocycles. The van der Waals surface area contributed by atoms with Crippen molar-refractivity contribution in [3.8, 4) is 0 Å². The molecule has 2 heterocycles. The molecule has 2 aromatic rings. The molecule has 5 nitrogen and oxygen atoms in total. The van der Waals surface area contributed by atoms with E-state index in [0.29, 0.717) is 12.2 Å². The number of aromatic nitrogens is 1. The van der Waals surface area contributed by atoms with Crippen LogP contribution in [0.3, 0.4) is 0 Å². The summed E-state index contributed by atoms with van der Waals surface area (Å²) < 4.78 is 10.8. The van der Waals surface area contributed by atoms with E-state index in [1.54, 1.807) is 12.5 Å². The molecule has 0 fully saturated rings. The molecule has 4 rings (SSSR count). The number of nitrogen functional groups attached to an aromatic ring is 1. The van der Waals surface area contributed by atoms with Crippen LogP contribution in [0.5, 0.6) is 0 Å². The number of nitrogens with two attached hydrogens (primary N) is 1. The summed E-state index contributed by atoms with van der Waals surface area (Å²) >= 11 is 0. The predicted octanol–water partition coefficient (Wildman–Crippen LogP) is 3.14. The molecular formula is C16H16N2O3. The fraction of sp³-hybridized carbons (Fsp3) is 0.375. The van der Waals surface area contributed by atoms with Gasteiger partial charge >= 0.3 is 0 Å². The van der Waals surface area contributed by atoms with E-state index in [9.17, 15) is 4.79 Å². The zero-order valence-electron chi connectivity index (χ0n) is 12.0. The first-order valence-corrected chi connectivity index (χ1v) is 7.01. The molecule has 5 heteroatoms. The van der Waals surface area contributed by atoms with Gasteiger partial charge in [-0.3, -0.25) is 4.79 Å². The minimum atomic E-state index is -0.210. The molecule has 0 saturated carbocycles. The van der Waals surface area contributed by atoms with Crippen molar-refractivity contribution in [3.63, 3.8) is 0 Å². The number of fused-ring (bicyclic) bond motifs is 2. The summed E-state index contributed by atoms with van der Waals surface area (Å²) in [5.74, 6) is 0.632. The Morgan fingerprint density at radius 1 is 1.38 bits per heavy atom. The molecule has 0 amide bonds. The summed E-state index contributed by atoms with van der Waals surface area (Å²) in [6.45, 7) is 4.19. The molecule has 0 spiro atoms. The van der Waals surface area contributed by atoms with E-state index in [4.69, 9.17) is 14.6 Å². The highest BCUT2D eigenvalue weighted by molar-refractivity contribution is 6.08. The van der Waals surface area contributed by atoms with Crippen molar-refractivity contribution in [1.29, 1.82) is 0 Å². The van der Waals surface area contributed by atoms with Gasteiger partial charge in [0.25, 0.3) is 6.01 Å². The van der Waals surface area contributed by atoms with Gasteiger partial charge in [0.2, 0.25) is 0 Å². The van der Waals surface area contributed by atoms with Gasteiger partial charge in [0.1, 0.15) is 5.69 Å². The molecular weight excluding hydrogens is 268 g/mol. The van der Waals surface area contributed by atoms with E-state index in [-0.39, 0.29) is 23.1 Å². The lowest BCUT2D eigenvalue weighted by molar-refractivity contribution is -0.117. The quantitative estimate of drug-likeness (QED) is 0.869. The van der Waals surface area contributed by atoms with E-state index in [0.717, 1.165) is 28.8 Å². The lowest BCUT2D eigenvalue weighted by Crippen LogP contribution is -2.25. The monoisotopic (exact) mass is 284 g/mol. The molecule has 0 radical (unpaired) electrons. The summed E-state index contributed by atoms with van der Waals surface area (Å²) in [4.78, 5) is 17.0. The summed E-state index contributed by atoms with van der Waals surface area (Å²) in [6.07, 6.45) is 4.60. The number of hydrogen-bond donors (Lipinski definition) is 1. The van der Waals surface area contributed by atoms with Crippen molar-refractivity contribution < 1.29 is 13.6 Å². The minimum absolute atomic E-state index is 0.0694. The highest BCUT2D eigenvalue weighted by atomic mass is 16.4. The molecule has 2 aliphatic carbocycles. The van der Waals surface area contributed by atoms with Crippen molar-refractivity contribution in [2.45, 2.75) is 32.6 Å². The Kier molecular flexibility index (Phi) is 2.29. The van der Waals surface area contributed by atoms with Gasteiger partial charge in [-0.2, -0.15) is 4.98 Å². The van der Waals surface area contributed by atoms with E-state index in [2.05, 4.69) is 18.8 Å². The third kappa shape index (κ3) is 1.70. The van der Waals surface area contributed by atoms with Gasteiger partial charge in [-0.25, -0.2) is 0 Å². The van der Waals surface area contributed by atoms with E-state index >= 15 is 0 Å². The second kappa shape index (κ2) is 3.87. The number of ketones is 1. The Bertz CT molecular complexity index is 766. The number of rotatable bonds is 1. The average Bonchev–Trinajstić information content (AvgIpc) is 3.04. The number of allylic oxidation sites excluding steroid dienone is 2. The van der Waals surface area contributed by atoms with E-state index in [1.807, 2.05) is 6.07 Å². The number of carbonyl (C=O) groups is 1. The molecule has 21 heavy (non-hydrogen) atoms. The van der Waals surface area contributed by atoms with Gasteiger partial charge in [-0.05, 0) is 17.9 Å². The largest absolute Gasteiger partial charge is 0.472 e. The maximum Gasteiger partial charge on any atom is 0.292 e. The first-order valence-electron chi connectivity index (χ1n) is 7.01. The summed E-state index contributed by atoms with van der Waals surface area (Å²) in [7, 11) is 0. The second-order valence-corrected chi connectivity index (χ2v) is 6.59. The Balaban J connectivity index is 1.95. The van der Waals surface area contributed by atoms with Crippen LogP contribution in [-0.2, 0) is 4.79 Å². The predicted molar refractivity (Wildman–Crippen MR) is 76.4 cm³/mol. The standard InChI is InChI=1S/C16H16N2O3/c1-16(2)5-9-12(10(19)6-16)11(8-3-4-20-7-8)13-14(9)21-15(17)18-13/h3-4,7,11H,5-6H2,1-2H3,(H2,17,18)/t11-/m0/s1. The molecule has 0 aliphatic heterocycles. The van der Waals surface area contributed by atoms with Crippen LogP contribution in [0.2, 0.25) is 0 Å². The summed E-state index contributed by atoms with van der Waals surface area (Å²) in [5.41, 5.74) is 9.07. The molecule has 2 N–H and O–H groups in total. The number of nitrogens with zero attached hydrogens (tertiary/aromatic N) is 1. The minimum Gasteiger partial charge on any atom is -0.472 e. The van der Waals surface area contributed by atoms with Crippen molar-refractivity contribution in [2.24, 2.45) is 5.41 Å². The molecule has 0 bridgehead atoms. The van der Waals surface area contributed by atoms with Crippen LogP contribution in [0.1, 0.15) is 49.6 Å². The smallest absolute Gasteiger partial charge is 0.292 e. The maximum absolute atomic E-state index is 12.7. The highest BCUT2D eigenvalue weighted by Gasteiger charge is 2.46. The molecule has 108 valence electrons. The zero-order valence-corrected chi connectivity index (χ0v) is 12.0. The lowest BCUT2D eigenvalue weighted by atomic mass is 9.72. The second-order valence-electron chi connectivity index (χ2n) is 6.59. The number of anilines is 1. The van der Waals surface area contributed by atoms with Crippen molar-refractivity contribution in [1.82, 2.24) is 4.98 Å². The van der Waals surface area contributed by atoms with Gasteiger partial charge in [-0.1, -0.05) is 13.8 Å². The van der Waals surface area contributed by atoms with E-state index < -0.39 is 0 Å². The third-order valence-electron chi connectivity index (χ3n) is 4.30. The Labute approximate surface area is 121 Å². The van der Waals surface area contributed by atoms with Crippen LogP contribution < -0.4 is 5.73 Å². The van der Waals surface area contributed by atoms with Crippen molar-refractivity contribution in [3.05, 3.63) is 41.2 Å². The van der Waals surface area contributed by atoms with Gasteiger partial charge < -0.3 is 14.6 Å². The van der Waals surface area contributed by atoms with E-state index in [1.165, 1.54) is 0 Å². The van der Waals surface area contributed by atoms with Crippen LogP contribution in [0.15, 0.2) is 33.0 Å². The number of hydrogen-bond acceptors (Lipinski definition) is 5. The molecule has 0 saturated heterocycles. The molecule has 0 unspecified atom stereocenters. The first-order chi connectivity index (χ1) is 9.96. The Hall–Kier alpha value is -2.30. The Morgan fingerprint density at radius 3 is 2.90 bits per heavy atom. The van der Waals surface area contributed by atoms with Gasteiger partial charge in [0.05, 0.1) is 18.4 Å². The molecule has 1 atom stereocenters. The number of carbonyl (C=O) groups excluding carboxylic acids is 1. The van der Waals surface area contributed by atoms with Gasteiger partial charge in [-0.15, -0.1) is 0 Å². The number of Topliss-reactive ketones (excluding diaryl/α,β-unsaturated/α-hetero) is 1. The topological polar surface area (TPSA) is 82.3 Å². The van der Waals surface area contributed by atoms with Crippen molar-refractivity contribution >= 4 is 17.4 Å². The van der Waals surface area contributed by atoms with Crippen LogP contribution in [0, 0.1) is 5.41 Å². The average molecular weight is 284 g/mol. The molecule has 2 aliphatic rings. The zero-order chi connectivity index (χ0) is 14.8. The number of furan rings is 1. The fourth-order valence-electron chi connectivity index (χ4n) is 3.53. The van der Waals surface area contributed by atoms with Crippen LogP contribution in [0.25, 0.3) is 5.57 Å². The van der Waals surface area contributed by atoms with Gasteiger partial charge in [0, 0.05) is 23.1 Å². The fourth-order valence-corrected chi connectivity index (χ4v) is 3.53. The molecule has 0 aromatic carbocycles. The third-order valence-corrected chi connectivity index (χ3v) is 4.30. The summed E-state index contributed by atoms with van der Waals surface area (Å²) in [5, 5.41) is 0. The number of oxazole rings is 1. The first kappa shape index (κ1) is 12.4. The van der Waals surface area contributed by atoms with Crippen LogP contribution >= 0.6 is 0 Å².